The largest absolute Gasteiger partial charge is 0.301 e. The zero-order chi connectivity index (χ0) is 11.7. The molecule has 2 unspecified atom stereocenters. The summed E-state index contributed by atoms with van der Waals surface area (Å²) in [4.78, 5) is 5.74. The van der Waals surface area contributed by atoms with Crippen LogP contribution in [0.15, 0.2) is 17.8 Å². The number of aryl methyl sites for hydroxylation is 1. The lowest BCUT2D eigenvalue weighted by Crippen LogP contribution is -2.27. The predicted molar refractivity (Wildman–Crippen MR) is 67.9 cm³/mol. The Morgan fingerprint density at radius 1 is 1.59 bits per heavy atom. The van der Waals surface area contributed by atoms with Crippen molar-refractivity contribution in [3.8, 4) is 0 Å². The number of fused-ring (bicyclic) bond motifs is 1. The van der Waals surface area contributed by atoms with Crippen LogP contribution in [0.1, 0.15) is 48.1 Å². The first kappa shape index (κ1) is 10.9. The number of thiophene rings is 1. The van der Waals surface area contributed by atoms with Crippen molar-refractivity contribution >= 4 is 11.3 Å². The number of hydrogen-bond donors (Lipinski definition) is 2. The molecule has 17 heavy (non-hydrogen) atoms. The Morgan fingerprint density at radius 2 is 2.53 bits per heavy atom. The van der Waals surface area contributed by atoms with E-state index in [1.807, 2.05) is 11.3 Å². The Bertz CT molecular complexity index is 476. The second-order valence-corrected chi connectivity index (χ2v) is 5.50. The highest BCUT2D eigenvalue weighted by atomic mass is 32.1. The fourth-order valence-corrected chi connectivity index (χ4v) is 3.45. The summed E-state index contributed by atoms with van der Waals surface area (Å²) in [5, 5.41) is 12.7. The molecule has 2 atom stereocenters. The first-order valence-corrected chi connectivity index (χ1v) is 6.90. The van der Waals surface area contributed by atoms with Crippen LogP contribution in [0.5, 0.6) is 0 Å². The highest BCUT2D eigenvalue weighted by Crippen LogP contribution is 2.34. The molecule has 2 heterocycles. The van der Waals surface area contributed by atoms with E-state index >= 15 is 0 Å². The molecular weight excluding hydrogens is 232 g/mol. The molecule has 3 rings (SSSR count). The summed E-state index contributed by atoms with van der Waals surface area (Å²) in [6.45, 7) is 2.13. The molecule has 5 heteroatoms. The Morgan fingerprint density at radius 3 is 3.35 bits per heavy atom. The maximum atomic E-state index is 4.20. The summed E-state index contributed by atoms with van der Waals surface area (Å²) in [5.74, 6) is 0.910. The summed E-state index contributed by atoms with van der Waals surface area (Å²) in [7, 11) is 0. The lowest BCUT2D eigenvalue weighted by molar-refractivity contribution is 0.409. The quantitative estimate of drug-likeness (QED) is 0.878. The minimum absolute atomic E-state index is 0.216. The summed E-state index contributed by atoms with van der Waals surface area (Å²) in [6.07, 6.45) is 5.28. The van der Waals surface area contributed by atoms with Gasteiger partial charge in [0, 0.05) is 10.9 Å². The molecule has 0 radical (unpaired) electrons. The van der Waals surface area contributed by atoms with Gasteiger partial charge in [-0.1, -0.05) is 0 Å². The average molecular weight is 248 g/mol. The van der Waals surface area contributed by atoms with E-state index in [1.54, 1.807) is 11.2 Å². The van der Waals surface area contributed by atoms with E-state index in [4.69, 9.17) is 0 Å². The fraction of sp³-hybridized carbons (Fsp3) is 0.500. The minimum Gasteiger partial charge on any atom is -0.301 e. The number of aromatic amines is 1. The van der Waals surface area contributed by atoms with Crippen LogP contribution in [0.4, 0.5) is 0 Å². The van der Waals surface area contributed by atoms with Crippen LogP contribution in [0, 0.1) is 0 Å². The number of H-pyrrole nitrogens is 1. The standard InChI is InChI=1S/C12H16N4S/c1-8(12-13-7-14-16-12)15-10-3-2-4-11-9(10)5-6-17-11/h5-8,10,15H,2-4H2,1H3,(H,13,14,16). The average Bonchev–Trinajstić information content (AvgIpc) is 3.00. The molecule has 90 valence electrons. The van der Waals surface area contributed by atoms with Gasteiger partial charge in [-0.15, -0.1) is 11.3 Å². The van der Waals surface area contributed by atoms with Gasteiger partial charge in [-0.05, 0) is 43.2 Å². The molecule has 0 fully saturated rings. The molecular formula is C12H16N4S. The lowest BCUT2D eigenvalue weighted by Gasteiger charge is -2.26. The summed E-state index contributed by atoms with van der Waals surface area (Å²) < 4.78 is 0. The Balaban J connectivity index is 1.75. The van der Waals surface area contributed by atoms with Crippen molar-refractivity contribution in [2.24, 2.45) is 0 Å². The van der Waals surface area contributed by atoms with Crippen LogP contribution < -0.4 is 5.32 Å². The fourth-order valence-electron chi connectivity index (χ4n) is 2.46. The normalized spacial score (nSPS) is 21.1. The molecule has 2 aromatic heterocycles. The third-order valence-electron chi connectivity index (χ3n) is 3.35. The summed E-state index contributed by atoms with van der Waals surface area (Å²) in [6, 6.07) is 2.93. The van der Waals surface area contributed by atoms with E-state index in [0.717, 1.165) is 5.82 Å². The zero-order valence-corrected chi connectivity index (χ0v) is 10.6. The number of hydrogen-bond acceptors (Lipinski definition) is 4. The van der Waals surface area contributed by atoms with Crippen molar-refractivity contribution in [2.75, 3.05) is 0 Å². The van der Waals surface area contributed by atoms with Crippen molar-refractivity contribution in [1.82, 2.24) is 20.5 Å². The molecule has 1 aliphatic rings. The maximum Gasteiger partial charge on any atom is 0.141 e. The van der Waals surface area contributed by atoms with Crippen molar-refractivity contribution in [3.05, 3.63) is 34.0 Å². The van der Waals surface area contributed by atoms with Gasteiger partial charge in [-0.2, -0.15) is 5.10 Å². The molecule has 0 bridgehead atoms. The first-order chi connectivity index (χ1) is 8.34. The SMILES string of the molecule is CC(NC1CCCc2sccc21)c1ncn[nH]1. The molecule has 0 saturated carbocycles. The van der Waals surface area contributed by atoms with Gasteiger partial charge >= 0.3 is 0 Å². The van der Waals surface area contributed by atoms with Crippen LogP contribution in [0.25, 0.3) is 0 Å². The van der Waals surface area contributed by atoms with E-state index in [0.29, 0.717) is 6.04 Å². The molecule has 2 aromatic rings. The van der Waals surface area contributed by atoms with Crippen LogP contribution in [0.2, 0.25) is 0 Å². The number of rotatable bonds is 3. The van der Waals surface area contributed by atoms with E-state index in [-0.39, 0.29) is 6.04 Å². The molecule has 0 spiro atoms. The van der Waals surface area contributed by atoms with E-state index in [2.05, 4.69) is 38.9 Å². The third kappa shape index (κ3) is 2.12. The van der Waals surface area contributed by atoms with Gasteiger partial charge in [-0.3, -0.25) is 5.10 Å². The molecule has 2 N–H and O–H groups in total. The van der Waals surface area contributed by atoms with E-state index < -0.39 is 0 Å². The molecule has 1 aliphatic carbocycles. The van der Waals surface area contributed by atoms with E-state index in [9.17, 15) is 0 Å². The monoisotopic (exact) mass is 248 g/mol. The molecule has 0 aromatic carbocycles. The molecule has 0 saturated heterocycles. The Labute approximate surface area is 104 Å². The Hall–Kier alpha value is -1.20. The van der Waals surface area contributed by atoms with Crippen LogP contribution >= 0.6 is 11.3 Å². The van der Waals surface area contributed by atoms with Gasteiger partial charge < -0.3 is 5.32 Å². The van der Waals surface area contributed by atoms with Crippen molar-refractivity contribution < 1.29 is 0 Å². The summed E-state index contributed by atoms with van der Waals surface area (Å²) in [5.41, 5.74) is 1.48. The highest BCUT2D eigenvalue weighted by Gasteiger charge is 2.23. The maximum absolute atomic E-state index is 4.20. The zero-order valence-electron chi connectivity index (χ0n) is 9.81. The second kappa shape index (κ2) is 4.58. The predicted octanol–water partition coefficient (Wildman–Crippen LogP) is 2.59. The second-order valence-electron chi connectivity index (χ2n) is 4.50. The number of nitrogens with zero attached hydrogens (tertiary/aromatic N) is 2. The molecule has 0 amide bonds. The first-order valence-electron chi connectivity index (χ1n) is 6.02. The van der Waals surface area contributed by atoms with Crippen molar-refractivity contribution in [1.29, 1.82) is 0 Å². The van der Waals surface area contributed by atoms with Gasteiger partial charge in [0.05, 0.1) is 6.04 Å². The smallest absolute Gasteiger partial charge is 0.141 e. The number of aromatic nitrogens is 3. The minimum atomic E-state index is 0.216. The number of nitrogens with one attached hydrogen (secondary N) is 2. The topological polar surface area (TPSA) is 53.6 Å². The van der Waals surface area contributed by atoms with Gasteiger partial charge in [0.2, 0.25) is 0 Å². The van der Waals surface area contributed by atoms with Crippen molar-refractivity contribution in [2.45, 2.75) is 38.3 Å². The molecule has 4 nitrogen and oxygen atoms in total. The van der Waals surface area contributed by atoms with E-state index in [1.165, 1.54) is 24.8 Å². The lowest BCUT2D eigenvalue weighted by atomic mass is 9.93. The summed E-state index contributed by atoms with van der Waals surface area (Å²) >= 11 is 1.88. The van der Waals surface area contributed by atoms with Crippen LogP contribution in [-0.4, -0.2) is 15.2 Å². The van der Waals surface area contributed by atoms with Crippen LogP contribution in [-0.2, 0) is 6.42 Å². The van der Waals surface area contributed by atoms with Gasteiger partial charge in [0.1, 0.15) is 12.2 Å². The van der Waals surface area contributed by atoms with Crippen molar-refractivity contribution in [3.63, 3.8) is 0 Å². The third-order valence-corrected chi connectivity index (χ3v) is 4.34. The Kier molecular flexibility index (Phi) is 2.94. The van der Waals surface area contributed by atoms with Gasteiger partial charge in [0.25, 0.3) is 0 Å². The van der Waals surface area contributed by atoms with Gasteiger partial charge in [0.15, 0.2) is 0 Å². The van der Waals surface area contributed by atoms with Crippen LogP contribution in [0.3, 0.4) is 0 Å². The highest BCUT2D eigenvalue weighted by molar-refractivity contribution is 7.10. The van der Waals surface area contributed by atoms with Gasteiger partial charge in [-0.25, -0.2) is 4.98 Å². The molecule has 0 aliphatic heterocycles.